The molecular formula is C12H12F2O3S. The number of hydrogen-bond acceptors (Lipinski definition) is 4. The molecule has 18 heavy (non-hydrogen) atoms. The minimum atomic E-state index is -2.79. The first-order chi connectivity index (χ1) is 8.48. The van der Waals surface area contributed by atoms with Crippen LogP contribution in [0.15, 0.2) is 0 Å². The standard InChI is InChI=1S/C12H12F2O3S/c1-2-17-11(16)10-7-3-4-12(13,14)5-8(7)9(6-15)18-10/h6H,2-5H2,1H3. The van der Waals surface area contributed by atoms with Crippen molar-refractivity contribution in [2.75, 3.05) is 6.61 Å². The summed E-state index contributed by atoms with van der Waals surface area (Å²) in [6, 6.07) is 0. The van der Waals surface area contributed by atoms with Gasteiger partial charge in [-0.2, -0.15) is 0 Å². The van der Waals surface area contributed by atoms with Gasteiger partial charge in [0.2, 0.25) is 0 Å². The van der Waals surface area contributed by atoms with E-state index in [1.165, 1.54) is 0 Å². The van der Waals surface area contributed by atoms with Crippen LogP contribution in [0, 0.1) is 0 Å². The zero-order valence-electron chi connectivity index (χ0n) is 9.79. The van der Waals surface area contributed by atoms with Crippen LogP contribution in [0.4, 0.5) is 8.78 Å². The molecule has 3 nitrogen and oxygen atoms in total. The number of alkyl halides is 2. The number of esters is 1. The average molecular weight is 274 g/mol. The number of carbonyl (C=O) groups excluding carboxylic acids is 2. The van der Waals surface area contributed by atoms with Gasteiger partial charge < -0.3 is 4.74 Å². The predicted octanol–water partition coefficient (Wildman–Crippen LogP) is 2.86. The Morgan fingerprint density at radius 1 is 1.50 bits per heavy atom. The third kappa shape index (κ3) is 2.29. The summed E-state index contributed by atoms with van der Waals surface area (Å²) < 4.78 is 31.5. The molecule has 0 aromatic carbocycles. The largest absolute Gasteiger partial charge is 0.462 e. The molecule has 2 rings (SSSR count). The molecule has 0 spiro atoms. The lowest BCUT2D eigenvalue weighted by Crippen LogP contribution is -2.26. The van der Waals surface area contributed by atoms with Gasteiger partial charge in [-0.25, -0.2) is 13.6 Å². The number of aldehydes is 1. The Morgan fingerprint density at radius 2 is 2.22 bits per heavy atom. The molecule has 0 aliphatic heterocycles. The third-order valence-corrected chi connectivity index (χ3v) is 4.07. The summed E-state index contributed by atoms with van der Waals surface area (Å²) in [5, 5.41) is 0. The van der Waals surface area contributed by atoms with Crippen molar-refractivity contribution in [1.82, 2.24) is 0 Å². The van der Waals surface area contributed by atoms with Crippen LogP contribution in [0.2, 0.25) is 0 Å². The fourth-order valence-electron chi connectivity index (χ4n) is 2.09. The Kier molecular flexibility index (Phi) is 3.47. The highest BCUT2D eigenvalue weighted by Crippen LogP contribution is 2.39. The number of hydrogen-bond donors (Lipinski definition) is 0. The second-order valence-corrected chi connectivity index (χ2v) is 5.18. The molecule has 98 valence electrons. The highest BCUT2D eigenvalue weighted by Gasteiger charge is 2.38. The first-order valence-corrected chi connectivity index (χ1v) is 6.45. The summed E-state index contributed by atoms with van der Waals surface area (Å²) in [5.74, 6) is -3.32. The van der Waals surface area contributed by atoms with Crippen LogP contribution in [0.5, 0.6) is 0 Å². The second kappa shape index (κ2) is 4.76. The molecule has 6 heteroatoms. The van der Waals surface area contributed by atoms with Crippen molar-refractivity contribution in [3.8, 4) is 0 Å². The number of halogens is 2. The van der Waals surface area contributed by atoms with Crippen molar-refractivity contribution in [1.29, 1.82) is 0 Å². The second-order valence-electron chi connectivity index (χ2n) is 4.12. The topological polar surface area (TPSA) is 43.4 Å². The maximum absolute atomic E-state index is 13.3. The zero-order chi connectivity index (χ0) is 13.3. The molecule has 1 aromatic rings. The average Bonchev–Trinajstić information content (AvgIpc) is 2.65. The van der Waals surface area contributed by atoms with Gasteiger partial charge in [0, 0.05) is 12.8 Å². The first-order valence-electron chi connectivity index (χ1n) is 5.63. The third-order valence-electron chi connectivity index (χ3n) is 2.89. The predicted molar refractivity (Wildman–Crippen MR) is 62.6 cm³/mol. The lowest BCUT2D eigenvalue weighted by Gasteiger charge is -2.22. The van der Waals surface area contributed by atoms with Crippen LogP contribution in [0.1, 0.15) is 43.8 Å². The van der Waals surface area contributed by atoms with Crippen LogP contribution < -0.4 is 0 Å². The van der Waals surface area contributed by atoms with E-state index >= 15 is 0 Å². The van der Waals surface area contributed by atoms with Gasteiger partial charge >= 0.3 is 5.97 Å². The van der Waals surface area contributed by atoms with E-state index in [0.29, 0.717) is 22.3 Å². The normalized spacial score (nSPS) is 17.1. The molecule has 0 radical (unpaired) electrons. The Balaban J connectivity index is 2.44. The summed E-state index contributed by atoms with van der Waals surface area (Å²) in [5.41, 5.74) is 0.876. The van der Waals surface area contributed by atoms with Crippen LogP contribution in [0.25, 0.3) is 0 Å². The molecule has 1 aromatic heterocycles. The van der Waals surface area contributed by atoms with Gasteiger partial charge in [-0.3, -0.25) is 4.79 Å². The zero-order valence-corrected chi connectivity index (χ0v) is 10.6. The van der Waals surface area contributed by atoms with Gasteiger partial charge in [0.15, 0.2) is 6.29 Å². The quantitative estimate of drug-likeness (QED) is 0.629. The van der Waals surface area contributed by atoms with Gasteiger partial charge in [-0.1, -0.05) is 0 Å². The van der Waals surface area contributed by atoms with E-state index < -0.39 is 18.3 Å². The van der Waals surface area contributed by atoms with E-state index in [1.807, 2.05) is 0 Å². The Labute approximate surface area is 107 Å². The van der Waals surface area contributed by atoms with Gasteiger partial charge in [-0.05, 0) is 24.5 Å². The van der Waals surface area contributed by atoms with Crippen molar-refractivity contribution in [3.05, 3.63) is 20.9 Å². The molecule has 0 fully saturated rings. The molecule has 0 saturated carbocycles. The summed E-state index contributed by atoms with van der Waals surface area (Å²) in [4.78, 5) is 23.1. The minimum absolute atomic E-state index is 0.112. The Morgan fingerprint density at radius 3 is 2.83 bits per heavy atom. The molecular weight excluding hydrogens is 262 g/mol. The maximum Gasteiger partial charge on any atom is 0.348 e. The minimum Gasteiger partial charge on any atom is -0.462 e. The Bertz CT molecular complexity index is 494. The van der Waals surface area contributed by atoms with E-state index in [-0.39, 0.29) is 24.3 Å². The summed E-state index contributed by atoms with van der Waals surface area (Å²) in [6.07, 6.45) is -0.109. The summed E-state index contributed by atoms with van der Waals surface area (Å²) in [6.45, 7) is 1.89. The lowest BCUT2D eigenvalue weighted by molar-refractivity contribution is -0.0123. The van der Waals surface area contributed by atoms with Crippen molar-refractivity contribution in [2.45, 2.75) is 32.1 Å². The first kappa shape index (κ1) is 13.1. The van der Waals surface area contributed by atoms with Crippen molar-refractivity contribution in [3.63, 3.8) is 0 Å². The van der Waals surface area contributed by atoms with Gasteiger partial charge in [-0.15, -0.1) is 11.3 Å². The number of thiophene rings is 1. The molecule has 0 unspecified atom stereocenters. The number of ether oxygens (including phenoxy) is 1. The maximum atomic E-state index is 13.3. The summed E-state index contributed by atoms with van der Waals surface area (Å²) in [7, 11) is 0. The van der Waals surface area contributed by atoms with Crippen LogP contribution >= 0.6 is 11.3 Å². The number of rotatable bonds is 3. The van der Waals surface area contributed by atoms with Crippen molar-refractivity contribution in [2.24, 2.45) is 0 Å². The molecule has 0 atom stereocenters. The highest BCUT2D eigenvalue weighted by molar-refractivity contribution is 7.15. The molecule has 0 saturated heterocycles. The lowest BCUT2D eigenvalue weighted by atomic mass is 9.89. The fraction of sp³-hybridized carbons (Fsp3) is 0.500. The SMILES string of the molecule is CCOC(=O)c1sc(C=O)c2c1CCC(F)(F)C2. The Hall–Kier alpha value is -1.30. The molecule has 1 aliphatic carbocycles. The smallest absolute Gasteiger partial charge is 0.348 e. The molecule has 0 bridgehead atoms. The van der Waals surface area contributed by atoms with E-state index in [1.54, 1.807) is 6.92 Å². The van der Waals surface area contributed by atoms with Gasteiger partial charge in [0.1, 0.15) is 4.88 Å². The van der Waals surface area contributed by atoms with E-state index in [2.05, 4.69) is 0 Å². The number of carbonyl (C=O) groups is 2. The van der Waals surface area contributed by atoms with Crippen molar-refractivity contribution < 1.29 is 23.1 Å². The number of fused-ring (bicyclic) bond motifs is 1. The molecule has 0 N–H and O–H groups in total. The van der Waals surface area contributed by atoms with E-state index in [4.69, 9.17) is 4.74 Å². The monoisotopic (exact) mass is 274 g/mol. The molecule has 1 aliphatic rings. The van der Waals surface area contributed by atoms with Gasteiger partial charge in [0.25, 0.3) is 5.92 Å². The van der Waals surface area contributed by atoms with Crippen molar-refractivity contribution >= 4 is 23.6 Å². The summed E-state index contributed by atoms with van der Waals surface area (Å²) >= 11 is 0.948. The van der Waals surface area contributed by atoms with Crippen LogP contribution in [0.3, 0.4) is 0 Å². The molecule has 1 heterocycles. The van der Waals surface area contributed by atoms with E-state index in [0.717, 1.165) is 11.3 Å². The fourth-order valence-corrected chi connectivity index (χ4v) is 3.17. The molecule has 0 amide bonds. The van der Waals surface area contributed by atoms with Gasteiger partial charge in [0.05, 0.1) is 11.5 Å². The van der Waals surface area contributed by atoms with Crippen LogP contribution in [-0.4, -0.2) is 24.8 Å². The van der Waals surface area contributed by atoms with E-state index in [9.17, 15) is 18.4 Å². The highest BCUT2D eigenvalue weighted by atomic mass is 32.1. The van der Waals surface area contributed by atoms with Crippen LogP contribution in [-0.2, 0) is 17.6 Å².